The molecule has 4 aromatic rings. The Morgan fingerprint density at radius 1 is 1.12 bits per heavy atom. The lowest BCUT2D eigenvalue weighted by molar-refractivity contribution is 0.411. The van der Waals surface area contributed by atoms with Crippen LogP contribution < -0.4 is 4.74 Å². The number of hydrogen-bond acceptors (Lipinski definition) is 3. The van der Waals surface area contributed by atoms with Crippen molar-refractivity contribution in [1.82, 2.24) is 8.69 Å². The molecular weight excluding hydrogens is 316 g/mol. The number of rotatable bonds is 2. The van der Waals surface area contributed by atoms with E-state index in [0.717, 1.165) is 12.3 Å². The van der Waals surface area contributed by atoms with Crippen molar-refractivity contribution >= 4 is 38.0 Å². The molecule has 122 valence electrons. The normalized spacial score (nSPS) is 19.0. The molecule has 0 saturated carbocycles. The van der Waals surface area contributed by atoms with Crippen LogP contribution in [0, 0.1) is 0 Å². The predicted molar refractivity (Wildman–Crippen MR) is 102 cm³/mol. The summed E-state index contributed by atoms with van der Waals surface area (Å²) >= 11 is 1.84. The fraction of sp³-hybridized carbons (Fsp3) is 0.300. The summed E-state index contributed by atoms with van der Waals surface area (Å²) in [4.78, 5) is 2.43. The lowest BCUT2D eigenvalue weighted by Gasteiger charge is -2.12. The van der Waals surface area contributed by atoms with Crippen molar-refractivity contribution in [3.8, 4) is 5.75 Å². The molecule has 1 fully saturated rings. The van der Waals surface area contributed by atoms with E-state index in [9.17, 15) is 0 Å². The lowest BCUT2D eigenvalue weighted by atomic mass is 9.94. The van der Waals surface area contributed by atoms with E-state index in [2.05, 4.69) is 58.2 Å². The SMILES string of the molecule is COc1cccc2c1c(C1CCN(C)C1)c1c3ccccc3sn21. The second kappa shape index (κ2) is 5.23. The van der Waals surface area contributed by atoms with Crippen LogP contribution in [0.5, 0.6) is 5.75 Å². The molecule has 0 spiro atoms. The molecule has 0 N–H and O–H groups in total. The van der Waals surface area contributed by atoms with Crippen molar-refractivity contribution in [2.45, 2.75) is 12.3 Å². The number of nitrogens with zero attached hydrogens (tertiary/aromatic N) is 2. The van der Waals surface area contributed by atoms with Crippen molar-refractivity contribution < 1.29 is 4.74 Å². The highest BCUT2D eigenvalue weighted by Gasteiger charge is 2.29. The maximum absolute atomic E-state index is 5.74. The Hall–Kier alpha value is -2.04. The van der Waals surface area contributed by atoms with E-state index in [1.54, 1.807) is 7.11 Å². The van der Waals surface area contributed by atoms with Crippen molar-refractivity contribution in [3.63, 3.8) is 0 Å². The third-order valence-electron chi connectivity index (χ3n) is 5.30. The number of benzene rings is 2. The first kappa shape index (κ1) is 14.3. The molecule has 24 heavy (non-hydrogen) atoms. The Labute approximate surface area is 145 Å². The second-order valence-corrected chi connectivity index (χ2v) is 7.73. The van der Waals surface area contributed by atoms with Gasteiger partial charge >= 0.3 is 0 Å². The molecule has 0 amide bonds. The van der Waals surface area contributed by atoms with Gasteiger partial charge in [-0.3, -0.25) is 3.79 Å². The molecule has 0 aliphatic carbocycles. The fourth-order valence-corrected chi connectivity index (χ4v) is 5.37. The lowest BCUT2D eigenvalue weighted by Crippen LogP contribution is -2.13. The summed E-state index contributed by atoms with van der Waals surface area (Å²) in [6.45, 7) is 2.29. The maximum Gasteiger partial charge on any atom is 0.128 e. The van der Waals surface area contributed by atoms with Gasteiger partial charge in [0.2, 0.25) is 0 Å². The molecule has 3 heterocycles. The second-order valence-electron chi connectivity index (χ2n) is 6.75. The van der Waals surface area contributed by atoms with Crippen LogP contribution in [0.4, 0.5) is 0 Å². The van der Waals surface area contributed by atoms with E-state index in [4.69, 9.17) is 4.74 Å². The molecule has 3 nitrogen and oxygen atoms in total. The number of likely N-dealkylation sites (N-methyl/N-ethyl adjacent to an activating group) is 1. The molecular formula is C20H20N2OS. The summed E-state index contributed by atoms with van der Waals surface area (Å²) in [5.41, 5.74) is 4.13. The standard InChI is InChI=1S/C20H20N2OS/c1-21-11-10-13(12-21)18-19-15(7-5-8-16(19)23-2)22-20(18)14-6-3-4-9-17(14)24-22/h3-9,13H,10-12H2,1-2H3. The minimum atomic E-state index is 0.566. The van der Waals surface area contributed by atoms with E-state index in [0.29, 0.717) is 5.92 Å². The van der Waals surface area contributed by atoms with Crippen molar-refractivity contribution in [1.29, 1.82) is 0 Å². The van der Waals surface area contributed by atoms with Crippen molar-refractivity contribution in [2.75, 3.05) is 27.2 Å². The number of methoxy groups -OCH3 is 1. The zero-order valence-corrected chi connectivity index (χ0v) is 14.8. The third-order valence-corrected chi connectivity index (χ3v) is 6.42. The average Bonchev–Trinajstić information content (AvgIpc) is 3.27. The molecule has 0 radical (unpaired) electrons. The first-order valence-electron chi connectivity index (χ1n) is 8.45. The smallest absolute Gasteiger partial charge is 0.128 e. The number of likely N-dealkylation sites (tertiary alicyclic amines) is 1. The minimum Gasteiger partial charge on any atom is -0.496 e. The van der Waals surface area contributed by atoms with Crippen LogP contribution in [0.25, 0.3) is 26.5 Å². The van der Waals surface area contributed by atoms with Crippen LogP contribution in [0.1, 0.15) is 17.9 Å². The first-order chi connectivity index (χ1) is 11.8. The van der Waals surface area contributed by atoms with Gasteiger partial charge < -0.3 is 9.64 Å². The van der Waals surface area contributed by atoms with Crippen LogP contribution >= 0.6 is 11.5 Å². The van der Waals surface area contributed by atoms with Gasteiger partial charge in [-0.05, 0) is 43.8 Å². The molecule has 1 aliphatic heterocycles. The molecule has 1 atom stereocenters. The zero-order chi connectivity index (χ0) is 16.3. The number of ether oxygens (including phenoxy) is 1. The van der Waals surface area contributed by atoms with E-state index in [1.165, 1.54) is 45.0 Å². The van der Waals surface area contributed by atoms with Gasteiger partial charge in [0.15, 0.2) is 0 Å². The Balaban J connectivity index is 1.96. The van der Waals surface area contributed by atoms with Gasteiger partial charge in [-0.1, -0.05) is 35.8 Å². The van der Waals surface area contributed by atoms with Gasteiger partial charge in [-0.25, -0.2) is 0 Å². The summed E-state index contributed by atoms with van der Waals surface area (Å²) in [6.07, 6.45) is 1.22. The van der Waals surface area contributed by atoms with Gasteiger partial charge in [-0.15, -0.1) is 0 Å². The minimum absolute atomic E-state index is 0.566. The zero-order valence-electron chi connectivity index (χ0n) is 14.0. The van der Waals surface area contributed by atoms with Crippen LogP contribution in [0.2, 0.25) is 0 Å². The first-order valence-corrected chi connectivity index (χ1v) is 9.23. The Bertz CT molecular complexity index is 1060. The molecule has 2 aromatic heterocycles. The third kappa shape index (κ3) is 1.87. The summed E-state index contributed by atoms with van der Waals surface area (Å²) in [5.74, 6) is 1.56. The molecule has 4 heteroatoms. The van der Waals surface area contributed by atoms with E-state index >= 15 is 0 Å². The van der Waals surface area contributed by atoms with E-state index < -0.39 is 0 Å². The quantitative estimate of drug-likeness (QED) is 0.526. The topological polar surface area (TPSA) is 16.9 Å². The fourth-order valence-electron chi connectivity index (χ4n) is 4.24. The Morgan fingerprint density at radius 3 is 2.79 bits per heavy atom. The highest BCUT2D eigenvalue weighted by Crippen LogP contribution is 2.45. The van der Waals surface area contributed by atoms with Gasteiger partial charge in [0, 0.05) is 23.2 Å². The molecule has 1 unspecified atom stereocenters. The average molecular weight is 336 g/mol. The summed E-state index contributed by atoms with van der Waals surface area (Å²) in [6, 6.07) is 15.2. The number of fused-ring (bicyclic) bond motifs is 5. The van der Waals surface area contributed by atoms with Crippen LogP contribution in [-0.4, -0.2) is 35.9 Å². The van der Waals surface area contributed by atoms with Crippen molar-refractivity contribution in [2.24, 2.45) is 0 Å². The summed E-state index contributed by atoms with van der Waals surface area (Å²) in [7, 11) is 4.00. The highest BCUT2D eigenvalue weighted by molar-refractivity contribution is 7.14. The maximum atomic E-state index is 5.74. The van der Waals surface area contributed by atoms with Crippen LogP contribution in [-0.2, 0) is 0 Å². The van der Waals surface area contributed by atoms with E-state index in [-0.39, 0.29) is 0 Å². The van der Waals surface area contributed by atoms with Crippen molar-refractivity contribution in [3.05, 3.63) is 48.0 Å². The van der Waals surface area contributed by atoms with Gasteiger partial charge in [0.05, 0.1) is 22.8 Å². The van der Waals surface area contributed by atoms with Gasteiger partial charge in [0.25, 0.3) is 0 Å². The highest BCUT2D eigenvalue weighted by atomic mass is 32.1. The monoisotopic (exact) mass is 336 g/mol. The van der Waals surface area contributed by atoms with Crippen LogP contribution in [0.3, 0.4) is 0 Å². The molecule has 1 saturated heterocycles. The van der Waals surface area contributed by atoms with Gasteiger partial charge in [0.1, 0.15) is 5.75 Å². The molecule has 2 aromatic carbocycles. The molecule has 0 bridgehead atoms. The van der Waals surface area contributed by atoms with Crippen LogP contribution in [0.15, 0.2) is 42.5 Å². The molecule has 1 aliphatic rings. The number of hydrogen-bond donors (Lipinski definition) is 0. The Morgan fingerprint density at radius 2 is 2.00 bits per heavy atom. The Kier molecular flexibility index (Phi) is 3.12. The predicted octanol–water partition coefficient (Wildman–Crippen LogP) is 4.73. The van der Waals surface area contributed by atoms with E-state index in [1.807, 2.05) is 11.5 Å². The molecule has 5 rings (SSSR count). The largest absolute Gasteiger partial charge is 0.496 e. The number of aromatic nitrogens is 1. The summed E-state index contributed by atoms with van der Waals surface area (Å²) in [5, 5.41) is 2.67. The summed E-state index contributed by atoms with van der Waals surface area (Å²) < 4.78 is 9.51. The van der Waals surface area contributed by atoms with Gasteiger partial charge in [-0.2, -0.15) is 0 Å².